The van der Waals surface area contributed by atoms with Gasteiger partial charge in [-0.05, 0) is 36.4 Å². The van der Waals surface area contributed by atoms with Gasteiger partial charge in [0.2, 0.25) is 0 Å². The van der Waals surface area contributed by atoms with Crippen LogP contribution in [0.15, 0.2) is 66.7 Å². The van der Waals surface area contributed by atoms with Crippen LogP contribution in [0.3, 0.4) is 0 Å². The molecule has 0 spiro atoms. The van der Waals surface area contributed by atoms with Crippen molar-refractivity contribution in [1.82, 2.24) is 19.8 Å². The molecule has 0 aliphatic rings. The summed E-state index contributed by atoms with van der Waals surface area (Å²) in [6, 6.07) is 21.6. The van der Waals surface area contributed by atoms with Gasteiger partial charge >= 0.3 is 0 Å². The third kappa shape index (κ3) is 2.42. The standard InChI is InChI=1S/C18H14N4O/c1-23-15-9-7-14(8-10-15)18-20-19-17-12-11-16(21-22(17)18)13-5-3-2-4-6-13/h2-12H,1H3. The number of methoxy groups -OCH3 is 1. The Kier molecular flexibility index (Phi) is 3.24. The number of fused-ring (bicyclic) bond motifs is 1. The molecular weight excluding hydrogens is 288 g/mol. The molecule has 5 heteroatoms. The first-order chi connectivity index (χ1) is 11.3. The van der Waals surface area contributed by atoms with Crippen molar-refractivity contribution in [3.63, 3.8) is 0 Å². The van der Waals surface area contributed by atoms with Gasteiger partial charge in [0.25, 0.3) is 0 Å². The maximum absolute atomic E-state index is 5.19. The molecule has 2 aromatic heterocycles. The second kappa shape index (κ2) is 5.53. The van der Waals surface area contributed by atoms with Crippen LogP contribution in [-0.4, -0.2) is 26.9 Å². The first-order valence-electron chi connectivity index (χ1n) is 7.27. The average molecular weight is 302 g/mol. The van der Waals surface area contributed by atoms with E-state index >= 15 is 0 Å². The van der Waals surface area contributed by atoms with Gasteiger partial charge in [-0.25, -0.2) is 0 Å². The van der Waals surface area contributed by atoms with Crippen LogP contribution in [0.25, 0.3) is 28.3 Å². The van der Waals surface area contributed by atoms with Crippen LogP contribution in [-0.2, 0) is 0 Å². The molecule has 0 N–H and O–H groups in total. The van der Waals surface area contributed by atoms with Gasteiger partial charge in [-0.1, -0.05) is 30.3 Å². The lowest BCUT2D eigenvalue weighted by Gasteiger charge is -2.04. The molecule has 0 radical (unpaired) electrons. The number of rotatable bonds is 3. The van der Waals surface area contributed by atoms with Gasteiger partial charge in [0.15, 0.2) is 11.5 Å². The number of nitrogens with zero attached hydrogens (tertiary/aromatic N) is 4. The third-order valence-electron chi connectivity index (χ3n) is 3.68. The van der Waals surface area contributed by atoms with Crippen molar-refractivity contribution in [2.75, 3.05) is 7.11 Å². The smallest absolute Gasteiger partial charge is 0.185 e. The van der Waals surface area contributed by atoms with E-state index in [0.29, 0.717) is 5.82 Å². The van der Waals surface area contributed by atoms with Crippen LogP contribution in [0.2, 0.25) is 0 Å². The summed E-state index contributed by atoms with van der Waals surface area (Å²) >= 11 is 0. The van der Waals surface area contributed by atoms with Gasteiger partial charge in [0.1, 0.15) is 5.75 Å². The third-order valence-corrected chi connectivity index (χ3v) is 3.68. The lowest BCUT2D eigenvalue weighted by molar-refractivity contribution is 0.415. The molecule has 0 bridgehead atoms. The van der Waals surface area contributed by atoms with Crippen molar-refractivity contribution in [2.24, 2.45) is 0 Å². The summed E-state index contributed by atoms with van der Waals surface area (Å²) in [6.07, 6.45) is 0. The molecule has 4 rings (SSSR count). The summed E-state index contributed by atoms with van der Waals surface area (Å²) < 4.78 is 6.96. The molecular formula is C18H14N4O. The Bertz CT molecular complexity index is 946. The maximum atomic E-state index is 5.19. The zero-order chi connectivity index (χ0) is 15.6. The number of benzene rings is 2. The summed E-state index contributed by atoms with van der Waals surface area (Å²) in [5.74, 6) is 1.51. The van der Waals surface area contributed by atoms with Gasteiger partial charge < -0.3 is 4.74 Å². The van der Waals surface area contributed by atoms with Gasteiger partial charge in [-0.15, -0.1) is 10.2 Å². The number of hydrogen-bond acceptors (Lipinski definition) is 4. The lowest BCUT2D eigenvalue weighted by atomic mass is 10.1. The van der Waals surface area contributed by atoms with Crippen molar-refractivity contribution in [1.29, 1.82) is 0 Å². The SMILES string of the molecule is COc1ccc(-c2nnc3ccc(-c4ccccc4)nn23)cc1. The number of hydrogen-bond donors (Lipinski definition) is 0. The summed E-state index contributed by atoms with van der Waals surface area (Å²) in [5.41, 5.74) is 3.60. The van der Waals surface area contributed by atoms with Crippen molar-refractivity contribution in [2.45, 2.75) is 0 Å². The van der Waals surface area contributed by atoms with E-state index in [1.165, 1.54) is 0 Å². The maximum Gasteiger partial charge on any atom is 0.185 e. The Morgan fingerprint density at radius 1 is 0.783 bits per heavy atom. The predicted molar refractivity (Wildman–Crippen MR) is 88.2 cm³/mol. The zero-order valence-electron chi connectivity index (χ0n) is 12.5. The minimum Gasteiger partial charge on any atom is -0.497 e. The van der Waals surface area contributed by atoms with Crippen molar-refractivity contribution in [3.8, 4) is 28.4 Å². The Hall–Kier alpha value is -3.21. The van der Waals surface area contributed by atoms with Crippen molar-refractivity contribution < 1.29 is 4.74 Å². The minimum atomic E-state index is 0.709. The molecule has 4 aromatic rings. The fraction of sp³-hybridized carbons (Fsp3) is 0.0556. The first-order valence-corrected chi connectivity index (χ1v) is 7.27. The molecule has 0 amide bonds. The van der Waals surface area contributed by atoms with E-state index in [-0.39, 0.29) is 0 Å². The van der Waals surface area contributed by atoms with Gasteiger partial charge in [-0.3, -0.25) is 0 Å². The number of ether oxygens (including phenoxy) is 1. The van der Waals surface area contributed by atoms with Crippen LogP contribution >= 0.6 is 0 Å². The van der Waals surface area contributed by atoms with E-state index in [1.807, 2.05) is 66.7 Å². The zero-order valence-corrected chi connectivity index (χ0v) is 12.5. The van der Waals surface area contributed by atoms with Gasteiger partial charge in [0.05, 0.1) is 12.8 Å². The van der Waals surface area contributed by atoms with Crippen LogP contribution in [0.1, 0.15) is 0 Å². The molecule has 0 aliphatic carbocycles. The highest BCUT2D eigenvalue weighted by molar-refractivity contribution is 5.63. The molecule has 2 aromatic carbocycles. The fourth-order valence-electron chi connectivity index (χ4n) is 2.47. The Labute approximate surface area is 133 Å². The van der Waals surface area contributed by atoms with Crippen LogP contribution in [0.5, 0.6) is 5.75 Å². The summed E-state index contributed by atoms with van der Waals surface area (Å²) in [5, 5.41) is 13.1. The average Bonchev–Trinajstić information content (AvgIpc) is 3.05. The largest absolute Gasteiger partial charge is 0.497 e. The summed E-state index contributed by atoms with van der Waals surface area (Å²) in [6.45, 7) is 0. The topological polar surface area (TPSA) is 52.3 Å². The van der Waals surface area contributed by atoms with Crippen LogP contribution in [0.4, 0.5) is 0 Å². The normalized spacial score (nSPS) is 10.8. The summed E-state index contributed by atoms with van der Waals surface area (Å²) in [4.78, 5) is 0. The monoisotopic (exact) mass is 302 g/mol. The van der Waals surface area contributed by atoms with E-state index in [0.717, 1.165) is 28.2 Å². The Balaban J connectivity index is 1.84. The van der Waals surface area contributed by atoms with Crippen molar-refractivity contribution >= 4 is 5.65 Å². The Morgan fingerprint density at radius 3 is 2.30 bits per heavy atom. The second-order valence-corrected chi connectivity index (χ2v) is 5.11. The molecule has 5 nitrogen and oxygen atoms in total. The van der Waals surface area contributed by atoms with Gasteiger partial charge in [0, 0.05) is 11.1 Å². The molecule has 2 heterocycles. The lowest BCUT2D eigenvalue weighted by Crippen LogP contribution is -1.97. The summed E-state index contributed by atoms with van der Waals surface area (Å²) in [7, 11) is 1.65. The highest BCUT2D eigenvalue weighted by atomic mass is 16.5. The quantitative estimate of drug-likeness (QED) is 0.581. The first kappa shape index (κ1) is 13.5. The predicted octanol–water partition coefficient (Wildman–Crippen LogP) is 3.47. The molecule has 0 saturated heterocycles. The molecule has 0 unspecified atom stereocenters. The molecule has 23 heavy (non-hydrogen) atoms. The molecule has 0 saturated carbocycles. The van der Waals surface area contributed by atoms with E-state index < -0.39 is 0 Å². The van der Waals surface area contributed by atoms with E-state index in [1.54, 1.807) is 11.6 Å². The van der Waals surface area contributed by atoms with E-state index in [9.17, 15) is 0 Å². The Morgan fingerprint density at radius 2 is 1.57 bits per heavy atom. The van der Waals surface area contributed by atoms with Gasteiger partial charge in [-0.2, -0.15) is 9.61 Å². The highest BCUT2D eigenvalue weighted by Crippen LogP contribution is 2.23. The molecule has 112 valence electrons. The molecule has 0 fully saturated rings. The van der Waals surface area contributed by atoms with E-state index in [4.69, 9.17) is 4.74 Å². The number of aromatic nitrogens is 4. The molecule has 0 atom stereocenters. The molecule has 0 aliphatic heterocycles. The van der Waals surface area contributed by atoms with Crippen LogP contribution < -0.4 is 4.74 Å². The second-order valence-electron chi connectivity index (χ2n) is 5.11. The minimum absolute atomic E-state index is 0.709. The van der Waals surface area contributed by atoms with Crippen molar-refractivity contribution in [3.05, 3.63) is 66.7 Å². The fourth-order valence-corrected chi connectivity index (χ4v) is 2.47. The highest BCUT2D eigenvalue weighted by Gasteiger charge is 2.10. The van der Waals surface area contributed by atoms with E-state index in [2.05, 4.69) is 15.3 Å². The van der Waals surface area contributed by atoms with Crippen LogP contribution in [0, 0.1) is 0 Å².